The summed E-state index contributed by atoms with van der Waals surface area (Å²) in [5, 5.41) is 0.869. The van der Waals surface area contributed by atoms with Gasteiger partial charge in [0.15, 0.2) is 6.29 Å². The first-order valence-corrected chi connectivity index (χ1v) is 7.29. The van der Waals surface area contributed by atoms with Crippen molar-refractivity contribution in [3.05, 3.63) is 59.9 Å². The summed E-state index contributed by atoms with van der Waals surface area (Å²) in [6, 6.07) is 15.6. The Morgan fingerprint density at radius 3 is 2.82 bits per heavy atom. The number of furan rings is 1. The van der Waals surface area contributed by atoms with E-state index in [4.69, 9.17) is 9.15 Å². The minimum Gasteiger partial charge on any atom is -0.490 e. The van der Waals surface area contributed by atoms with Gasteiger partial charge in [-0.2, -0.15) is 0 Å². The first kappa shape index (κ1) is 13.0. The molecule has 1 aliphatic heterocycles. The van der Waals surface area contributed by atoms with Crippen LogP contribution < -0.4 is 9.64 Å². The molecule has 0 saturated carbocycles. The van der Waals surface area contributed by atoms with E-state index in [0.717, 1.165) is 35.2 Å². The number of nitrogens with zero attached hydrogens (tertiary/aromatic N) is 1. The third-order valence-electron chi connectivity index (χ3n) is 3.99. The number of ether oxygens (including phenoxy) is 1. The van der Waals surface area contributed by atoms with Gasteiger partial charge in [-0.15, -0.1) is 0 Å². The Kier molecular flexibility index (Phi) is 3.07. The van der Waals surface area contributed by atoms with Crippen LogP contribution in [0.4, 0.5) is 5.69 Å². The number of carbonyl (C=O) groups is 1. The Morgan fingerprint density at radius 2 is 1.91 bits per heavy atom. The minimum atomic E-state index is 0.559. The Balaban J connectivity index is 1.74. The summed E-state index contributed by atoms with van der Waals surface area (Å²) in [5.41, 5.74) is 2.42. The third kappa shape index (κ3) is 2.04. The number of fused-ring (bicyclic) bond motifs is 2. The van der Waals surface area contributed by atoms with Gasteiger partial charge in [0.2, 0.25) is 0 Å². The molecular weight excluding hydrogens is 278 g/mol. The molecule has 110 valence electrons. The molecule has 0 saturated heterocycles. The number of para-hydroxylation sites is 3. The zero-order chi connectivity index (χ0) is 14.9. The predicted molar refractivity (Wildman–Crippen MR) is 84.6 cm³/mol. The fourth-order valence-corrected chi connectivity index (χ4v) is 2.93. The van der Waals surface area contributed by atoms with Gasteiger partial charge in [-0.05, 0) is 18.2 Å². The molecule has 4 heteroatoms. The van der Waals surface area contributed by atoms with Crippen LogP contribution in [-0.2, 0) is 6.54 Å². The van der Waals surface area contributed by atoms with Gasteiger partial charge in [-0.3, -0.25) is 4.79 Å². The van der Waals surface area contributed by atoms with E-state index >= 15 is 0 Å². The molecule has 3 aromatic rings. The Bertz CT molecular complexity index is 837. The molecular formula is C18H15NO3. The molecule has 0 spiro atoms. The molecule has 0 amide bonds. The first-order chi connectivity index (χ1) is 10.9. The van der Waals surface area contributed by atoms with Gasteiger partial charge in [-0.25, -0.2) is 0 Å². The van der Waals surface area contributed by atoms with Crippen LogP contribution >= 0.6 is 0 Å². The normalized spacial score (nSPS) is 13.7. The van der Waals surface area contributed by atoms with Crippen molar-refractivity contribution in [2.24, 2.45) is 0 Å². The molecule has 22 heavy (non-hydrogen) atoms. The highest BCUT2D eigenvalue weighted by Gasteiger charge is 2.21. The number of hydrogen-bond acceptors (Lipinski definition) is 4. The smallest absolute Gasteiger partial charge is 0.154 e. The largest absolute Gasteiger partial charge is 0.490 e. The van der Waals surface area contributed by atoms with Gasteiger partial charge >= 0.3 is 0 Å². The second-order valence-electron chi connectivity index (χ2n) is 5.29. The maximum absolute atomic E-state index is 11.5. The summed E-state index contributed by atoms with van der Waals surface area (Å²) >= 11 is 0. The monoisotopic (exact) mass is 293 g/mol. The topological polar surface area (TPSA) is 42.7 Å². The zero-order valence-corrected chi connectivity index (χ0v) is 12.0. The summed E-state index contributed by atoms with van der Waals surface area (Å²) < 4.78 is 11.6. The highest BCUT2D eigenvalue weighted by molar-refractivity contribution is 5.97. The summed E-state index contributed by atoms with van der Waals surface area (Å²) in [6.45, 7) is 1.96. The predicted octanol–water partition coefficient (Wildman–Crippen LogP) is 3.64. The number of benzene rings is 2. The van der Waals surface area contributed by atoms with Crippen molar-refractivity contribution in [3.8, 4) is 5.75 Å². The van der Waals surface area contributed by atoms with Crippen molar-refractivity contribution < 1.29 is 13.9 Å². The molecule has 0 atom stereocenters. The van der Waals surface area contributed by atoms with Crippen LogP contribution in [0.25, 0.3) is 11.0 Å². The van der Waals surface area contributed by atoms with Gasteiger partial charge in [-0.1, -0.05) is 30.3 Å². The summed E-state index contributed by atoms with van der Waals surface area (Å²) in [5.74, 6) is 1.57. The standard InChI is InChI=1S/C18H15NO3/c20-12-14-13-5-1-3-7-16(13)22-18(14)11-19-9-10-21-17-8-4-2-6-15(17)19/h1-8,12H,9-11H2. The Hall–Kier alpha value is -2.75. The van der Waals surface area contributed by atoms with E-state index in [-0.39, 0.29) is 0 Å². The van der Waals surface area contributed by atoms with Crippen LogP contribution in [-0.4, -0.2) is 19.4 Å². The van der Waals surface area contributed by atoms with Crippen molar-refractivity contribution in [2.75, 3.05) is 18.1 Å². The molecule has 0 fully saturated rings. The van der Waals surface area contributed by atoms with E-state index in [1.54, 1.807) is 0 Å². The second kappa shape index (κ2) is 5.22. The molecule has 1 aromatic heterocycles. The second-order valence-corrected chi connectivity index (χ2v) is 5.29. The lowest BCUT2D eigenvalue weighted by Crippen LogP contribution is -2.32. The van der Waals surface area contributed by atoms with Crippen molar-refractivity contribution in [2.45, 2.75) is 6.54 Å². The van der Waals surface area contributed by atoms with Crippen LogP contribution in [0.5, 0.6) is 5.75 Å². The molecule has 0 aliphatic carbocycles. The van der Waals surface area contributed by atoms with Gasteiger partial charge in [0.05, 0.1) is 24.3 Å². The van der Waals surface area contributed by atoms with Crippen LogP contribution in [0.15, 0.2) is 52.9 Å². The van der Waals surface area contributed by atoms with Crippen LogP contribution in [0, 0.1) is 0 Å². The molecule has 0 unspecified atom stereocenters. The fourth-order valence-electron chi connectivity index (χ4n) is 2.93. The first-order valence-electron chi connectivity index (χ1n) is 7.29. The van der Waals surface area contributed by atoms with E-state index in [9.17, 15) is 4.79 Å². The molecule has 4 rings (SSSR count). The van der Waals surface area contributed by atoms with Gasteiger partial charge < -0.3 is 14.1 Å². The van der Waals surface area contributed by atoms with E-state index in [0.29, 0.717) is 24.5 Å². The average molecular weight is 293 g/mol. The average Bonchev–Trinajstić information content (AvgIpc) is 2.92. The van der Waals surface area contributed by atoms with Crippen molar-refractivity contribution in [3.63, 3.8) is 0 Å². The number of carbonyl (C=O) groups excluding carboxylic acids is 1. The molecule has 2 heterocycles. The van der Waals surface area contributed by atoms with Crippen molar-refractivity contribution >= 4 is 22.9 Å². The molecule has 0 bridgehead atoms. The third-order valence-corrected chi connectivity index (χ3v) is 3.99. The lowest BCUT2D eigenvalue weighted by Gasteiger charge is -2.30. The highest BCUT2D eigenvalue weighted by atomic mass is 16.5. The maximum Gasteiger partial charge on any atom is 0.154 e. The summed E-state index contributed by atoms with van der Waals surface area (Å²) in [4.78, 5) is 13.7. The van der Waals surface area contributed by atoms with Crippen molar-refractivity contribution in [1.29, 1.82) is 0 Å². The van der Waals surface area contributed by atoms with Gasteiger partial charge in [0.25, 0.3) is 0 Å². The summed E-state index contributed by atoms with van der Waals surface area (Å²) in [7, 11) is 0. The Labute approximate surface area is 127 Å². The Morgan fingerprint density at radius 1 is 1.09 bits per heavy atom. The number of hydrogen-bond donors (Lipinski definition) is 0. The number of aldehydes is 1. The molecule has 2 aromatic carbocycles. The van der Waals surface area contributed by atoms with E-state index in [1.165, 1.54) is 0 Å². The number of rotatable bonds is 3. The van der Waals surface area contributed by atoms with Gasteiger partial charge in [0.1, 0.15) is 23.7 Å². The van der Waals surface area contributed by atoms with Crippen molar-refractivity contribution in [1.82, 2.24) is 0 Å². The lowest BCUT2D eigenvalue weighted by atomic mass is 10.1. The van der Waals surface area contributed by atoms with E-state index in [1.807, 2.05) is 48.5 Å². The highest BCUT2D eigenvalue weighted by Crippen LogP contribution is 2.33. The van der Waals surface area contributed by atoms with Crippen LogP contribution in [0.3, 0.4) is 0 Å². The minimum absolute atomic E-state index is 0.559. The summed E-state index contributed by atoms with van der Waals surface area (Å²) in [6.07, 6.45) is 0.882. The molecule has 0 radical (unpaired) electrons. The van der Waals surface area contributed by atoms with Gasteiger partial charge in [0, 0.05) is 5.39 Å². The molecule has 0 N–H and O–H groups in total. The quantitative estimate of drug-likeness (QED) is 0.691. The fraction of sp³-hybridized carbons (Fsp3) is 0.167. The SMILES string of the molecule is O=Cc1c(CN2CCOc3ccccc32)oc2ccccc12. The van der Waals surface area contributed by atoms with Crippen LogP contribution in [0.2, 0.25) is 0 Å². The maximum atomic E-state index is 11.5. The zero-order valence-electron chi connectivity index (χ0n) is 12.0. The van der Waals surface area contributed by atoms with Crippen LogP contribution in [0.1, 0.15) is 16.1 Å². The molecule has 1 aliphatic rings. The number of anilines is 1. The lowest BCUT2D eigenvalue weighted by molar-refractivity contribution is 0.112. The van der Waals surface area contributed by atoms with E-state index < -0.39 is 0 Å². The molecule has 4 nitrogen and oxygen atoms in total. The van der Waals surface area contributed by atoms with E-state index in [2.05, 4.69) is 4.90 Å².